The zero-order valence-electron chi connectivity index (χ0n) is 12.5. The largest absolute Gasteiger partial charge is 0.459 e. The van der Waals surface area contributed by atoms with E-state index in [1.54, 1.807) is 17.0 Å². The van der Waals surface area contributed by atoms with Crippen LogP contribution in [0.5, 0.6) is 0 Å². The van der Waals surface area contributed by atoms with Crippen molar-refractivity contribution in [2.24, 2.45) is 0 Å². The highest BCUT2D eigenvalue weighted by atomic mass is 16.3. The number of furan rings is 1. The van der Waals surface area contributed by atoms with Gasteiger partial charge < -0.3 is 19.5 Å². The molecule has 1 aromatic heterocycles. The lowest BCUT2D eigenvalue weighted by atomic mass is 10.2. The van der Waals surface area contributed by atoms with Gasteiger partial charge in [0.2, 0.25) is 5.91 Å². The zero-order valence-corrected chi connectivity index (χ0v) is 12.5. The highest BCUT2D eigenvalue weighted by molar-refractivity contribution is 5.91. The Balaban J connectivity index is 1.72. The van der Waals surface area contributed by atoms with E-state index in [4.69, 9.17) is 4.42 Å². The molecule has 1 aromatic rings. The van der Waals surface area contributed by atoms with Gasteiger partial charge in [-0.15, -0.1) is 0 Å². The first-order chi connectivity index (χ1) is 10.2. The lowest BCUT2D eigenvalue weighted by Gasteiger charge is -2.34. The molecule has 1 aliphatic rings. The second-order valence-corrected chi connectivity index (χ2v) is 5.15. The van der Waals surface area contributed by atoms with Crippen LogP contribution >= 0.6 is 0 Å². The van der Waals surface area contributed by atoms with E-state index in [9.17, 15) is 9.59 Å². The van der Waals surface area contributed by atoms with Crippen LogP contribution < -0.4 is 5.32 Å². The average Bonchev–Trinajstić information content (AvgIpc) is 3.05. The molecule has 6 heteroatoms. The minimum absolute atomic E-state index is 0.100. The Morgan fingerprint density at radius 2 is 1.90 bits per heavy atom. The van der Waals surface area contributed by atoms with Crippen LogP contribution in [0.1, 0.15) is 30.3 Å². The number of hydrogen-bond donors (Lipinski definition) is 1. The minimum Gasteiger partial charge on any atom is -0.459 e. The third kappa shape index (κ3) is 4.32. The van der Waals surface area contributed by atoms with Gasteiger partial charge in [0.15, 0.2) is 5.76 Å². The number of piperazine rings is 1. The molecule has 1 N–H and O–H groups in total. The highest BCUT2D eigenvalue weighted by Crippen LogP contribution is 2.10. The highest BCUT2D eigenvalue weighted by Gasteiger charge is 2.25. The van der Waals surface area contributed by atoms with Crippen LogP contribution in [0, 0.1) is 0 Å². The summed E-state index contributed by atoms with van der Waals surface area (Å²) in [5, 5.41) is 3.23. The van der Waals surface area contributed by atoms with Crippen molar-refractivity contribution in [2.45, 2.75) is 19.8 Å². The van der Waals surface area contributed by atoms with Gasteiger partial charge >= 0.3 is 0 Å². The molecule has 0 aromatic carbocycles. The van der Waals surface area contributed by atoms with Crippen LogP contribution in [0.25, 0.3) is 0 Å². The molecule has 1 aliphatic heterocycles. The Hall–Kier alpha value is -1.82. The zero-order chi connectivity index (χ0) is 15.1. The molecule has 2 amide bonds. The van der Waals surface area contributed by atoms with E-state index < -0.39 is 0 Å². The molecular weight excluding hydrogens is 270 g/mol. The lowest BCUT2D eigenvalue weighted by molar-refractivity contribution is -0.132. The monoisotopic (exact) mass is 293 g/mol. The molecule has 1 saturated heterocycles. The van der Waals surface area contributed by atoms with Gasteiger partial charge in [-0.2, -0.15) is 0 Å². The van der Waals surface area contributed by atoms with Crippen molar-refractivity contribution in [2.75, 3.05) is 39.3 Å². The van der Waals surface area contributed by atoms with Crippen molar-refractivity contribution < 1.29 is 14.0 Å². The molecule has 2 heterocycles. The molecule has 0 aliphatic carbocycles. The van der Waals surface area contributed by atoms with Gasteiger partial charge in [-0.3, -0.25) is 9.59 Å². The fourth-order valence-corrected chi connectivity index (χ4v) is 2.37. The Labute approximate surface area is 125 Å². The molecule has 0 atom stereocenters. The van der Waals surface area contributed by atoms with E-state index in [0.29, 0.717) is 38.4 Å². The molecule has 1 fully saturated rings. The summed E-state index contributed by atoms with van der Waals surface area (Å²) in [6.45, 7) is 6.08. The van der Waals surface area contributed by atoms with Gasteiger partial charge in [-0.05, 0) is 25.1 Å². The first-order valence-corrected chi connectivity index (χ1v) is 7.53. The average molecular weight is 293 g/mol. The van der Waals surface area contributed by atoms with E-state index in [0.717, 1.165) is 19.5 Å². The normalized spacial score (nSPS) is 15.3. The quantitative estimate of drug-likeness (QED) is 0.793. The Morgan fingerprint density at radius 3 is 2.52 bits per heavy atom. The summed E-state index contributed by atoms with van der Waals surface area (Å²) >= 11 is 0. The first kappa shape index (κ1) is 15.6. The van der Waals surface area contributed by atoms with E-state index in [1.165, 1.54) is 6.26 Å². The summed E-state index contributed by atoms with van der Waals surface area (Å²) in [7, 11) is 0. The molecule has 0 radical (unpaired) electrons. The number of nitrogens with zero attached hydrogens (tertiary/aromatic N) is 2. The molecule has 21 heavy (non-hydrogen) atoms. The molecule has 0 saturated carbocycles. The third-order valence-corrected chi connectivity index (χ3v) is 3.59. The third-order valence-electron chi connectivity index (χ3n) is 3.59. The fraction of sp³-hybridized carbons (Fsp3) is 0.600. The summed E-state index contributed by atoms with van der Waals surface area (Å²) in [5.41, 5.74) is 0. The Bertz CT molecular complexity index is 451. The van der Waals surface area contributed by atoms with Crippen LogP contribution in [-0.2, 0) is 4.79 Å². The van der Waals surface area contributed by atoms with Gasteiger partial charge in [-0.25, -0.2) is 0 Å². The van der Waals surface area contributed by atoms with Crippen molar-refractivity contribution in [1.29, 1.82) is 0 Å². The summed E-state index contributed by atoms with van der Waals surface area (Å²) < 4.78 is 5.12. The predicted octanol–water partition coefficient (Wildman–Crippen LogP) is 0.954. The van der Waals surface area contributed by atoms with Gasteiger partial charge in [0.05, 0.1) is 6.26 Å². The van der Waals surface area contributed by atoms with E-state index in [2.05, 4.69) is 12.2 Å². The maximum Gasteiger partial charge on any atom is 0.289 e. The molecule has 2 rings (SSSR count). The van der Waals surface area contributed by atoms with Gasteiger partial charge in [0.25, 0.3) is 5.91 Å². The fourth-order valence-electron chi connectivity index (χ4n) is 2.37. The summed E-state index contributed by atoms with van der Waals surface area (Å²) in [4.78, 5) is 27.7. The number of hydrogen-bond acceptors (Lipinski definition) is 4. The van der Waals surface area contributed by atoms with Crippen LogP contribution in [0.4, 0.5) is 0 Å². The maximum absolute atomic E-state index is 12.1. The summed E-state index contributed by atoms with van der Waals surface area (Å²) in [5.74, 6) is 0.416. The van der Waals surface area contributed by atoms with Crippen molar-refractivity contribution in [1.82, 2.24) is 15.1 Å². The standard InChI is InChI=1S/C15H23N3O3/c1-2-6-16-7-5-14(19)17-8-10-18(11-9-17)15(20)13-4-3-12-21-13/h3-4,12,16H,2,5-11H2,1H3. The van der Waals surface area contributed by atoms with Crippen molar-refractivity contribution in [3.63, 3.8) is 0 Å². The van der Waals surface area contributed by atoms with E-state index in [-0.39, 0.29) is 11.8 Å². The smallest absolute Gasteiger partial charge is 0.289 e. The van der Waals surface area contributed by atoms with Crippen LogP contribution in [0.3, 0.4) is 0 Å². The van der Waals surface area contributed by atoms with Gasteiger partial charge in [-0.1, -0.05) is 6.92 Å². The minimum atomic E-state index is -0.100. The second kappa shape index (κ2) is 7.83. The predicted molar refractivity (Wildman–Crippen MR) is 79.0 cm³/mol. The van der Waals surface area contributed by atoms with Crippen molar-refractivity contribution in [3.8, 4) is 0 Å². The van der Waals surface area contributed by atoms with Crippen molar-refractivity contribution >= 4 is 11.8 Å². The molecule has 0 bridgehead atoms. The number of carbonyl (C=O) groups excluding carboxylic acids is 2. The summed E-state index contributed by atoms with van der Waals surface area (Å²) in [6.07, 6.45) is 3.09. The second-order valence-electron chi connectivity index (χ2n) is 5.15. The van der Waals surface area contributed by atoms with Crippen LogP contribution in [0.15, 0.2) is 22.8 Å². The Morgan fingerprint density at radius 1 is 1.19 bits per heavy atom. The molecule has 116 valence electrons. The number of nitrogens with one attached hydrogen (secondary N) is 1. The number of amides is 2. The summed E-state index contributed by atoms with van der Waals surface area (Å²) in [6, 6.07) is 3.37. The van der Waals surface area contributed by atoms with Gasteiger partial charge in [0.1, 0.15) is 0 Å². The SMILES string of the molecule is CCCNCCC(=O)N1CCN(C(=O)c2ccco2)CC1. The van der Waals surface area contributed by atoms with E-state index in [1.807, 2.05) is 4.90 Å². The van der Waals surface area contributed by atoms with Crippen molar-refractivity contribution in [3.05, 3.63) is 24.2 Å². The molecule has 0 unspecified atom stereocenters. The first-order valence-electron chi connectivity index (χ1n) is 7.53. The lowest BCUT2D eigenvalue weighted by Crippen LogP contribution is -2.50. The van der Waals surface area contributed by atoms with Crippen LogP contribution in [-0.4, -0.2) is 60.9 Å². The number of carbonyl (C=O) groups is 2. The van der Waals surface area contributed by atoms with Crippen LogP contribution in [0.2, 0.25) is 0 Å². The van der Waals surface area contributed by atoms with E-state index >= 15 is 0 Å². The molecule has 0 spiro atoms. The topological polar surface area (TPSA) is 65.8 Å². The number of rotatable bonds is 6. The Kier molecular flexibility index (Phi) is 5.80. The molecule has 6 nitrogen and oxygen atoms in total. The maximum atomic E-state index is 12.1. The van der Waals surface area contributed by atoms with Gasteiger partial charge in [0, 0.05) is 39.1 Å². The molecular formula is C15H23N3O3.